The van der Waals surface area contributed by atoms with Crippen LogP contribution in [0.1, 0.15) is 83.2 Å². The van der Waals surface area contributed by atoms with Crippen molar-refractivity contribution in [1.29, 1.82) is 0 Å². The zero-order valence-corrected chi connectivity index (χ0v) is 42.0. The molecule has 0 unspecified atom stereocenters. The Balaban J connectivity index is 1.21. The van der Waals surface area contributed by atoms with Gasteiger partial charge in [0.15, 0.2) is 0 Å². The number of aryl methyl sites for hydroxylation is 1. The highest BCUT2D eigenvalue weighted by atomic mass is 15.2. The molecule has 0 saturated carbocycles. The van der Waals surface area contributed by atoms with E-state index in [2.05, 4.69) is 277 Å². The quantitative estimate of drug-likeness (QED) is 0.154. The van der Waals surface area contributed by atoms with Crippen molar-refractivity contribution in [2.45, 2.75) is 78.6 Å². The van der Waals surface area contributed by atoms with Gasteiger partial charge in [-0.3, -0.25) is 0 Å². The number of para-hydroxylation sites is 2. The molecule has 0 atom stereocenters. The monoisotopic (exact) mass is 905 g/mol. The summed E-state index contributed by atoms with van der Waals surface area (Å²) in [5.41, 5.74) is 26.0. The summed E-state index contributed by atoms with van der Waals surface area (Å²) in [4.78, 5) is 7.72. The Morgan fingerprint density at radius 3 is 1.70 bits per heavy atom. The Kier molecular flexibility index (Phi) is 9.99. The van der Waals surface area contributed by atoms with E-state index in [1.165, 1.54) is 101 Å². The van der Waals surface area contributed by atoms with Crippen molar-refractivity contribution in [3.8, 4) is 33.4 Å². The maximum Gasteiger partial charge on any atom is 0.333 e. The molecule has 0 saturated heterocycles. The van der Waals surface area contributed by atoms with Crippen molar-refractivity contribution in [2.24, 2.45) is 0 Å². The van der Waals surface area contributed by atoms with Gasteiger partial charge >= 0.3 is 6.85 Å². The van der Waals surface area contributed by atoms with Gasteiger partial charge in [-0.2, -0.15) is 0 Å². The largest absolute Gasteiger partial charge is 0.376 e. The first kappa shape index (κ1) is 43.7. The Morgan fingerprint density at radius 1 is 0.457 bits per heavy atom. The first-order valence-corrected chi connectivity index (χ1v) is 25.0. The summed E-state index contributed by atoms with van der Waals surface area (Å²) in [6, 6.07) is 75.5. The van der Waals surface area contributed by atoms with Crippen LogP contribution < -0.4 is 25.5 Å². The van der Waals surface area contributed by atoms with Crippen molar-refractivity contribution in [1.82, 2.24) is 0 Å². The van der Waals surface area contributed by atoms with Gasteiger partial charge in [-0.05, 0) is 158 Å². The number of rotatable bonds is 6. The second-order valence-electron chi connectivity index (χ2n) is 22.3. The molecular weight excluding hydrogens is 846 g/mol. The van der Waals surface area contributed by atoms with Crippen LogP contribution in [-0.2, 0) is 16.2 Å². The minimum absolute atomic E-state index is 0.0103. The number of anilines is 8. The summed E-state index contributed by atoms with van der Waals surface area (Å²) >= 11 is 0. The zero-order valence-electron chi connectivity index (χ0n) is 42.0. The summed E-state index contributed by atoms with van der Waals surface area (Å²) < 4.78 is 0. The van der Waals surface area contributed by atoms with Crippen LogP contribution in [0.3, 0.4) is 0 Å². The highest BCUT2D eigenvalue weighted by Gasteiger charge is 2.49. The predicted octanol–water partition coefficient (Wildman–Crippen LogP) is 16.7. The first-order valence-electron chi connectivity index (χ1n) is 25.0. The topological polar surface area (TPSA) is 9.72 Å². The average Bonchev–Trinajstić information content (AvgIpc) is 3.60. The van der Waals surface area contributed by atoms with Crippen LogP contribution in [0.5, 0.6) is 0 Å². The van der Waals surface area contributed by atoms with Crippen LogP contribution in [-0.4, -0.2) is 6.85 Å². The van der Waals surface area contributed by atoms with Crippen LogP contribution in [0, 0.1) is 6.92 Å². The van der Waals surface area contributed by atoms with Gasteiger partial charge in [0.25, 0.3) is 0 Å². The first-order chi connectivity index (χ1) is 33.7. The third-order valence-corrected chi connectivity index (χ3v) is 15.3. The van der Waals surface area contributed by atoms with E-state index in [1.807, 2.05) is 0 Å². The smallest absolute Gasteiger partial charge is 0.333 e. The predicted molar refractivity (Wildman–Crippen MR) is 300 cm³/mol. The van der Waals surface area contributed by atoms with Crippen LogP contribution in [0.4, 0.5) is 45.5 Å². The normalized spacial score (nSPS) is 14.1. The molecule has 0 radical (unpaired) electrons. The number of hydrogen-bond donors (Lipinski definition) is 0. The number of hydrogen-bond acceptors (Lipinski definition) is 3. The van der Waals surface area contributed by atoms with Crippen LogP contribution >= 0.6 is 0 Å². The van der Waals surface area contributed by atoms with E-state index in [4.69, 9.17) is 0 Å². The lowest BCUT2D eigenvalue weighted by Crippen LogP contribution is -2.62. The average molecular weight is 906 g/mol. The molecule has 0 amide bonds. The van der Waals surface area contributed by atoms with Gasteiger partial charge in [0.05, 0.1) is 5.69 Å². The summed E-state index contributed by atoms with van der Waals surface area (Å²) in [6.45, 7) is 20.9. The number of nitrogens with zero attached hydrogens (tertiary/aromatic N) is 3. The van der Waals surface area contributed by atoms with Crippen molar-refractivity contribution in [3.05, 3.63) is 228 Å². The molecule has 9 aromatic rings. The SMILES string of the molecule is Cc1cc2c3c(c1)N(c1ccc(C(C)(C)C)cc1-c1ccccc1)c1ccc(N(c4ccccc4)c4ccccc4)cc1B3N(c1ccc(C(C)(C)C)cc1)c1ccc3c(c1-2)C(C)(C)c1ccccc1-3. The van der Waals surface area contributed by atoms with Gasteiger partial charge < -0.3 is 14.6 Å². The van der Waals surface area contributed by atoms with Gasteiger partial charge in [0.2, 0.25) is 0 Å². The van der Waals surface area contributed by atoms with E-state index in [1.54, 1.807) is 0 Å². The summed E-state index contributed by atoms with van der Waals surface area (Å²) in [5.74, 6) is 0. The fourth-order valence-corrected chi connectivity index (χ4v) is 11.9. The van der Waals surface area contributed by atoms with E-state index in [0.717, 1.165) is 17.1 Å². The van der Waals surface area contributed by atoms with Gasteiger partial charge in [-0.15, -0.1) is 0 Å². The fourth-order valence-electron chi connectivity index (χ4n) is 11.9. The molecule has 70 heavy (non-hydrogen) atoms. The van der Waals surface area contributed by atoms with Crippen LogP contribution in [0.2, 0.25) is 0 Å². The minimum atomic E-state index is -0.239. The maximum atomic E-state index is 2.69. The zero-order chi connectivity index (χ0) is 48.3. The lowest BCUT2D eigenvalue weighted by Gasteiger charge is -2.47. The molecule has 12 rings (SSSR count). The highest BCUT2D eigenvalue weighted by Crippen LogP contribution is 2.58. The van der Waals surface area contributed by atoms with Crippen LogP contribution in [0.25, 0.3) is 33.4 Å². The molecule has 3 aliphatic rings. The maximum absolute atomic E-state index is 2.69. The van der Waals surface area contributed by atoms with Gasteiger partial charge in [-0.25, -0.2) is 0 Å². The van der Waals surface area contributed by atoms with Gasteiger partial charge in [0.1, 0.15) is 0 Å². The van der Waals surface area contributed by atoms with Crippen molar-refractivity contribution in [2.75, 3.05) is 14.6 Å². The fraction of sp³-hybridized carbons (Fsp3) is 0.182. The third kappa shape index (κ3) is 6.86. The molecule has 0 spiro atoms. The molecule has 9 aromatic carbocycles. The molecule has 0 fully saturated rings. The molecule has 4 heteroatoms. The summed E-state index contributed by atoms with van der Waals surface area (Å²) in [6.07, 6.45) is 0. The second kappa shape index (κ2) is 16.0. The van der Waals surface area contributed by atoms with Crippen molar-refractivity contribution >= 4 is 63.3 Å². The van der Waals surface area contributed by atoms with Crippen molar-refractivity contribution in [3.63, 3.8) is 0 Å². The van der Waals surface area contributed by atoms with E-state index in [0.29, 0.717) is 0 Å². The lowest BCUT2D eigenvalue weighted by molar-refractivity contribution is 0.590. The molecule has 2 heterocycles. The lowest BCUT2D eigenvalue weighted by atomic mass is 9.43. The molecule has 2 aliphatic heterocycles. The molecule has 0 aromatic heterocycles. The Morgan fingerprint density at radius 2 is 1.04 bits per heavy atom. The Hall–Kier alpha value is -7.56. The third-order valence-electron chi connectivity index (χ3n) is 15.3. The Labute approximate surface area is 415 Å². The molecular formula is C66H60BN3. The number of benzene rings is 9. The van der Waals surface area contributed by atoms with E-state index in [-0.39, 0.29) is 23.1 Å². The summed E-state index contributed by atoms with van der Waals surface area (Å²) in [5, 5.41) is 0. The second-order valence-corrected chi connectivity index (χ2v) is 22.3. The minimum Gasteiger partial charge on any atom is -0.376 e. The molecule has 0 bridgehead atoms. The molecule has 1 aliphatic carbocycles. The van der Waals surface area contributed by atoms with Gasteiger partial charge in [0, 0.05) is 56.4 Å². The Bertz CT molecular complexity index is 3450. The molecule has 3 nitrogen and oxygen atoms in total. The molecule has 0 N–H and O–H groups in total. The van der Waals surface area contributed by atoms with Crippen molar-refractivity contribution < 1.29 is 0 Å². The van der Waals surface area contributed by atoms with E-state index >= 15 is 0 Å². The standard InChI is InChI=1S/C66H60BN3/c1-43-39-54-61-59(38-35-52-51-27-19-20-28-55(51)66(8,9)62(52)61)70(49-32-29-45(30-33-49)64(2,3)4)67-56-42-50(68(47-23-15-11-16-24-47)48-25-17-12-18-26-48)34-37-58(56)69(60(40-43)63(54)67)57-36-31-46(65(5,6)7)41-53(57)44-21-13-10-14-22-44/h10-42H,1-9H3. The van der Waals surface area contributed by atoms with E-state index < -0.39 is 0 Å². The van der Waals surface area contributed by atoms with E-state index in [9.17, 15) is 0 Å². The number of fused-ring (bicyclic) bond motifs is 8. The highest BCUT2D eigenvalue weighted by molar-refractivity contribution is 6.93. The van der Waals surface area contributed by atoms with Gasteiger partial charge in [-0.1, -0.05) is 177 Å². The van der Waals surface area contributed by atoms with Crippen LogP contribution in [0.15, 0.2) is 200 Å². The summed E-state index contributed by atoms with van der Waals surface area (Å²) in [7, 11) is 0. The molecule has 342 valence electrons.